The normalized spacial score (nSPS) is 8.00. The first-order valence-corrected chi connectivity index (χ1v) is 1.92. The van der Waals surface area contributed by atoms with E-state index in [0.29, 0.717) is 12.5 Å². The predicted molar refractivity (Wildman–Crippen MR) is 24.0 cm³/mol. The minimum atomic E-state index is 0. The van der Waals surface area contributed by atoms with Crippen molar-refractivity contribution < 1.29 is 26.2 Å². The van der Waals surface area contributed by atoms with E-state index in [4.69, 9.17) is 5.73 Å². The molecule has 0 bridgehead atoms. The summed E-state index contributed by atoms with van der Waals surface area (Å²) in [7, 11) is 0. The molecule has 6 heavy (non-hydrogen) atoms. The van der Waals surface area contributed by atoms with Gasteiger partial charge in [0.15, 0.2) is 0 Å². The van der Waals surface area contributed by atoms with Gasteiger partial charge in [0, 0.05) is 26.2 Å². The van der Waals surface area contributed by atoms with Crippen molar-refractivity contribution in [3.05, 3.63) is 5.73 Å². The Hall–Kier alpha value is 0.843. The summed E-state index contributed by atoms with van der Waals surface area (Å²) in [5.41, 5.74) is 6.66. The third kappa shape index (κ3) is 8.85. The van der Waals surface area contributed by atoms with Gasteiger partial charge in [0.25, 0.3) is 0 Å². The van der Waals surface area contributed by atoms with Crippen LogP contribution in [0.4, 0.5) is 0 Å². The predicted octanol–water partition coefficient (Wildman–Crippen LogP) is 1.69. The maximum absolute atomic E-state index is 6.66. The van der Waals surface area contributed by atoms with Crippen molar-refractivity contribution in [1.29, 1.82) is 0 Å². The van der Waals surface area contributed by atoms with E-state index in [1.54, 1.807) is 0 Å². The van der Waals surface area contributed by atoms with Gasteiger partial charge in [-0.3, -0.25) is 0 Å². The maximum atomic E-state index is 6.66. The van der Waals surface area contributed by atoms with E-state index in [2.05, 4.69) is 0 Å². The molecule has 2 heteroatoms. The van der Waals surface area contributed by atoms with Crippen molar-refractivity contribution in [3.8, 4) is 0 Å². The van der Waals surface area contributed by atoms with Crippen LogP contribution in [0, 0.1) is 5.92 Å². The van der Waals surface area contributed by atoms with E-state index in [0.717, 1.165) is 0 Å². The molecule has 36 valence electrons. The summed E-state index contributed by atoms with van der Waals surface area (Å²) in [4.78, 5) is 0. The van der Waals surface area contributed by atoms with Crippen LogP contribution in [0.3, 0.4) is 0 Å². The van der Waals surface area contributed by atoms with Crippen LogP contribution in [0.5, 0.6) is 0 Å². The summed E-state index contributed by atoms with van der Waals surface area (Å²) in [5, 5.41) is 0. The summed E-state index contributed by atoms with van der Waals surface area (Å²) in [5.74, 6) is 0.551. The first-order chi connectivity index (χ1) is 2.27. The van der Waals surface area contributed by atoms with E-state index >= 15 is 0 Å². The quantitative estimate of drug-likeness (QED) is 0.562. The molecule has 0 amide bonds. The average molecular weight is 163 g/mol. The Morgan fingerprint density at radius 3 is 1.67 bits per heavy atom. The molecule has 1 N–H and O–H groups in total. The molecule has 0 fully saturated rings. The standard InChI is InChI=1S/C4H10N.Zr/c1-4(2)3-5;/h4-5H,3H2,1-2H3;/q-1;. The van der Waals surface area contributed by atoms with E-state index in [9.17, 15) is 0 Å². The first kappa shape index (κ1) is 9.96. The first-order valence-electron chi connectivity index (χ1n) is 1.92. The second-order valence-corrected chi connectivity index (χ2v) is 1.60. The molecule has 0 rings (SSSR count). The Balaban J connectivity index is 0. The van der Waals surface area contributed by atoms with Crippen LogP contribution in [0.1, 0.15) is 13.8 Å². The zero-order valence-electron chi connectivity index (χ0n) is 4.28. The summed E-state index contributed by atoms with van der Waals surface area (Å²) in [6.45, 7) is 4.62. The van der Waals surface area contributed by atoms with Gasteiger partial charge in [-0.15, -0.1) is 6.54 Å². The van der Waals surface area contributed by atoms with Gasteiger partial charge in [-0.2, -0.15) is 0 Å². The van der Waals surface area contributed by atoms with Gasteiger partial charge in [-0.05, 0) is 0 Å². The molecule has 0 aliphatic rings. The van der Waals surface area contributed by atoms with Gasteiger partial charge >= 0.3 is 0 Å². The summed E-state index contributed by atoms with van der Waals surface area (Å²) in [6, 6.07) is 0. The summed E-state index contributed by atoms with van der Waals surface area (Å²) in [6.07, 6.45) is 0. The van der Waals surface area contributed by atoms with Crippen molar-refractivity contribution in [2.75, 3.05) is 6.54 Å². The number of hydrogen-bond donors (Lipinski definition) is 0. The van der Waals surface area contributed by atoms with Crippen LogP contribution < -0.4 is 0 Å². The monoisotopic (exact) mass is 162 g/mol. The molecule has 0 saturated carbocycles. The van der Waals surface area contributed by atoms with Crippen molar-refractivity contribution in [2.45, 2.75) is 13.8 Å². The van der Waals surface area contributed by atoms with Crippen molar-refractivity contribution in [1.82, 2.24) is 0 Å². The molecule has 0 atom stereocenters. The Morgan fingerprint density at radius 2 is 1.67 bits per heavy atom. The van der Waals surface area contributed by atoms with Gasteiger partial charge in [0.05, 0.1) is 0 Å². The molecule has 0 radical (unpaired) electrons. The Labute approximate surface area is 58.4 Å². The van der Waals surface area contributed by atoms with Gasteiger partial charge in [0.2, 0.25) is 0 Å². The van der Waals surface area contributed by atoms with Crippen LogP contribution in [-0.2, 0) is 26.2 Å². The Morgan fingerprint density at radius 1 is 1.50 bits per heavy atom. The fourth-order valence-electron chi connectivity index (χ4n) is 0. The number of hydrogen-bond acceptors (Lipinski definition) is 0. The van der Waals surface area contributed by atoms with Crippen LogP contribution in [0.2, 0.25) is 0 Å². The van der Waals surface area contributed by atoms with Crippen molar-refractivity contribution in [3.63, 3.8) is 0 Å². The summed E-state index contributed by atoms with van der Waals surface area (Å²) >= 11 is 0. The van der Waals surface area contributed by atoms with Crippen LogP contribution >= 0.6 is 0 Å². The number of nitrogens with one attached hydrogen (secondary N) is 1. The minimum absolute atomic E-state index is 0. The van der Waals surface area contributed by atoms with E-state index in [1.807, 2.05) is 13.8 Å². The average Bonchev–Trinajstić information content (AvgIpc) is 1.38. The van der Waals surface area contributed by atoms with Gasteiger partial charge in [0.1, 0.15) is 0 Å². The van der Waals surface area contributed by atoms with Crippen molar-refractivity contribution in [2.24, 2.45) is 5.92 Å². The van der Waals surface area contributed by atoms with Crippen LogP contribution in [0.25, 0.3) is 5.73 Å². The van der Waals surface area contributed by atoms with Gasteiger partial charge < -0.3 is 5.73 Å². The van der Waals surface area contributed by atoms with E-state index in [-0.39, 0.29) is 26.2 Å². The third-order valence-electron chi connectivity index (χ3n) is 0.408. The fourth-order valence-corrected chi connectivity index (χ4v) is 0. The Kier molecular flexibility index (Phi) is 9.70. The molecule has 0 heterocycles. The molecule has 0 aromatic heterocycles. The minimum Gasteiger partial charge on any atom is -0.677 e. The Bertz CT molecular complexity index is 21.5. The molecule has 0 aromatic carbocycles. The topological polar surface area (TPSA) is 23.8 Å². The van der Waals surface area contributed by atoms with E-state index < -0.39 is 0 Å². The van der Waals surface area contributed by atoms with Crippen LogP contribution in [0.15, 0.2) is 0 Å². The second-order valence-electron chi connectivity index (χ2n) is 1.60. The molecule has 0 aliphatic heterocycles. The molecular formula is C4H10NZr-. The number of rotatable bonds is 1. The molecule has 0 aromatic rings. The smallest absolute Gasteiger partial charge is 0 e. The second kappa shape index (κ2) is 5.84. The van der Waals surface area contributed by atoms with Crippen molar-refractivity contribution >= 4 is 0 Å². The summed E-state index contributed by atoms with van der Waals surface area (Å²) < 4.78 is 0. The maximum Gasteiger partial charge on any atom is 0 e. The molecule has 0 saturated heterocycles. The van der Waals surface area contributed by atoms with Crippen LogP contribution in [-0.4, -0.2) is 6.54 Å². The fraction of sp³-hybridized carbons (Fsp3) is 1.00. The zero-order valence-corrected chi connectivity index (χ0v) is 6.74. The largest absolute Gasteiger partial charge is 0.677 e. The van der Waals surface area contributed by atoms with Gasteiger partial charge in [-0.1, -0.05) is 19.8 Å². The van der Waals surface area contributed by atoms with E-state index in [1.165, 1.54) is 0 Å². The molecule has 0 aliphatic carbocycles. The molecule has 0 spiro atoms. The van der Waals surface area contributed by atoms with Gasteiger partial charge in [-0.25, -0.2) is 0 Å². The molecule has 1 nitrogen and oxygen atoms in total. The third-order valence-corrected chi connectivity index (χ3v) is 0.408. The molecule has 0 unspecified atom stereocenters. The molecular weight excluding hydrogens is 153 g/mol. The SMILES string of the molecule is CC(C)C[NH-].[Zr]. The zero-order chi connectivity index (χ0) is 4.28.